The molecule has 172 valence electrons. The van der Waals surface area contributed by atoms with Gasteiger partial charge in [-0.25, -0.2) is 4.39 Å². The molecule has 0 aliphatic heterocycles. The van der Waals surface area contributed by atoms with Crippen LogP contribution in [0.25, 0.3) is 0 Å². The normalized spacial score (nSPS) is 11.4. The number of carbonyl (C=O) groups excluding carboxylic acids is 2. The maximum absolute atomic E-state index is 13.3. The van der Waals surface area contributed by atoms with Crippen molar-refractivity contribution in [1.29, 1.82) is 0 Å². The average molecular weight is 450 g/mol. The standard InChI is InChI=1S/C26H28FN3O3/c1-18-4-3-5-20(16-18)25(31)30-24(17-19-6-8-21(27)9-7-19)26(32)29-15-14-28-22-10-12-23(33-2)13-11-22/h3-13,16,24,28H,14-15,17H2,1-2H3,(H,29,32)(H,30,31)/t24-/m0/s1. The minimum Gasteiger partial charge on any atom is -0.497 e. The van der Waals surface area contributed by atoms with Crippen LogP contribution < -0.4 is 20.7 Å². The predicted octanol–water partition coefficient (Wildman–Crippen LogP) is 3.71. The van der Waals surface area contributed by atoms with E-state index in [-0.39, 0.29) is 24.1 Å². The zero-order chi connectivity index (χ0) is 23.6. The predicted molar refractivity (Wildman–Crippen MR) is 127 cm³/mol. The second-order valence-corrected chi connectivity index (χ2v) is 7.67. The zero-order valence-corrected chi connectivity index (χ0v) is 18.7. The lowest BCUT2D eigenvalue weighted by molar-refractivity contribution is -0.122. The van der Waals surface area contributed by atoms with Gasteiger partial charge in [-0.1, -0.05) is 29.8 Å². The van der Waals surface area contributed by atoms with Gasteiger partial charge in [0.2, 0.25) is 5.91 Å². The summed E-state index contributed by atoms with van der Waals surface area (Å²) in [6.07, 6.45) is 0.246. The summed E-state index contributed by atoms with van der Waals surface area (Å²) in [5.41, 5.74) is 3.08. The van der Waals surface area contributed by atoms with E-state index < -0.39 is 6.04 Å². The third kappa shape index (κ3) is 7.35. The Bertz CT molecular complexity index is 1070. The molecule has 3 aromatic rings. The van der Waals surface area contributed by atoms with E-state index in [2.05, 4.69) is 16.0 Å². The molecule has 0 spiro atoms. The summed E-state index contributed by atoms with van der Waals surface area (Å²) in [5.74, 6) is -0.232. The number of halogens is 1. The van der Waals surface area contributed by atoms with Crippen molar-refractivity contribution < 1.29 is 18.7 Å². The smallest absolute Gasteiger partial charge is 0.251 e. The van der Waals surface area contributed by atoms with Crippen LogP contribution in [0.1, 0.15) is 21.5 Å². The summed E-state index contributed by atoms with van der Waals surface area (Å²) < 4.78 is 18.4. The minimum absolute atomic E-state index is 0.246. The van der Waals surface area contributed by atoms with Crippen molar-refractivity contribution in [2.45, 2.75) is 19.4 Å². The molecule has 0 heterocycles. The maximum Gasteiger partial charge on any atom is 0.251 e. The number of methoxy groups -OCH3 is 1. The van der Waals surface area contributed by atoms with E-state index in [1.165, 1.54) is 12.1 Å². The fourth-order valence-corrected chi connectivity index (χ4v) is 3.32. The van der Waals surface area contributed by atoms with E-state index in [1.54, 1.807) is 37.4 Å². The molecule has 2 amide bonds. The highest BCUT2D eigenvalue weighted by Gasteiger charge is 2.22. The Kier molecular flexibility index (Phi) is 8.41. The van der Waals surface area contributed by atoms with Crippen LogP contribution in [0, 0.1) is 12.7 Å². The molecule has 0 radical (unpaired) electrons. The Balaban J connectivity index is 1.60. The van der Waals surface area contributed by atoms with Crippen LogP contribution in [0.2, 0.25) is 0 Å². The number of hydrogen-bond acceptors (Lipinski definition) is 4. The van der Waals surface area contributed by atoms with E-state index in [1.807, 2.05) is 37.3 Å². The minimum atomic E-state index is -0.801. The average Bonchev–Trinajstić information content (AvgIpc) is 2.83. The highest BCUT2D eigenvalue weighted by Crippen LogP contribution is 2.14. The van der Waals surface area contributed by atoms with Crippen molar-refractivity contribution in [3.8, 4) is 5.75 Å². The van der Waals surface area contributed by atoms with Gasteiger partial charge in [-0.05, 0) is 61.0 Å². The van der Waals surface area contributed by atoms with Gasteiger partial charge in [0.25, 0.3) is 5.91 Å². The second-order valence-electron chi connectivity index (χ2n) is 7.67. The summed E-state index contributed by atoms with van der Waals surface area (Å²) in [6.45, 7) is 2.77. The number of ether oxygens (including phenoxy) is 1. The Labute approximate surface area is 193 Å². The van der Waals surface area contributed by atoms with Crippen LogP contribution in [-0.4, -0.2) is 38.1 Å². The molecule has 0 aromatic heterocycles. The Morgan fingerprint density at radius 3 is 2.36 bits per heavy atom. The van der Waals surface area contributed by atoms with Crippen LogP contribution >= 0.6 is 0 Å². The van der Waals surface area contributed by atoms with Crippen LogP contribution in [-0.2, 0) is 11.2 Å². The third-order valence-electron chi connectivity index (χ3n) is 5.10. The lowest BCUT2D eigenvalue weighted by atomic mass is 10.0. The first kappa shape index (κ1) is 23.8. The van der Waals surface area contributed by atoms with Gasteiger partial charge < -0.3 is 20.7 Å². The molecule has 0 fully saturated rings. The summed E-state index contributed by atoms with van der Waals surface area (Å²) in [7, 11) is 1.61. The number of rotatable bonds is 10. The SMILES string of the molecule is COc1ccc(NCCNC(=O)[C@H](Cc2ccc(F)cc2)NC(=O)c2cccc(C)c2)cc1. The summed E-state index contributed by atoms with van der Waals surface area (Å²) in [5, 5.41) is 8.90. The number of benzene rings is 3. The van der Waals surface area contributed by atoms with Crippen molar-refractivity contribution >= 4 is 17.5 Å². The Morgan fingerprint density at radius 1 is 0.970 bits per heavy atom. The fourth-order valence-electron chi connectivity index (χ4n) is 3.32. The number of hydrogen-bond donors (Lipinski definition) is 3. The lowest BCUT2D eigenvalue weighted by Crippen LogP contribution is -2.48. The van der Waals surface area contributed by atoms with Crippen LogP contribution in [0.3, 0.4) is 0 Å². The molecule has 0 saturated heterocycles. The Hall–Kier alpha value is -3.87. The summed E-state index contributed by atoms with van der Waals surface area (Å²) in [6, 6.07) is 19.7. The highest BCUT2D eigenvalue weighted by molar-refractivity contribution is 5.97. The number of nitrogens with one attached hydrogen (secondary N) is 3. The van der Waals surface area contributed by atoms with Crippen LogP contribution in [0.15, 0.2) is 72.8 Å². The molecule has 3 N–H and O–H groups in total. The van der Waals surface area contributed by atoms with Crippen LogP contribution in [0.5, 0.6) is 5.75 Å². The molecule has 0 aliphatic carbocycles. The molecule has 3 rings (SSSR count). The Morgan fingerprint density at radius 2 is 1.70 bits per heavy atom. The van der Waals surface area contributed by atoms with E-state index in [0.29, 0.717) is 18.7 Å². The molecule has 6 nitrogen and oxygen atoms in total. The molecule has 0 bridgehead atoms. The molecule has 33 heavy (non-hydrogen) atoms. The van der Waals surface area contributed by atoms with Crippen molar-refractivity contribution in [1.82, 2.24) is 10.6 Å². The molecular weight excluding hydrogens is 421 g/mol. The first-order valence-corrected chi connectivity index (χ1v) is 10.7. The van der Waals surface area contributed by atoms with E-state index in [9.17, 15) is 14.0 Å². The van der Waals surface area contributed by atoms with Crippen LogP contribution in [0.4, 0.5) is 10.1 Å². The maximum atomic E-state index is 13.3. The molecular formula is C26H28FN3O3. The van der Waals surface area contributed by atoms with Gasteiger partial charge in [-0.2, -0.15) is 0 Å². The van der Waals surface area contributed by atoms with Gasteiger partial charge in [-0.15, -0.1) is 0 Å². The van der Waals surface area contributed by atoms with Gasteiger partial charge in [-0.3, -0.25) is 9.59 Å². The lowest BCUT2D eigenvalue weighted by Gasteiger charge is -2.19. The first-order chi connectivity index (χ1) is 15.9. The van der Waals surface area contributed by atoms with E-state index in [4.69, 9.17) is 4.74 Å². The van der Waals surface area contributed by atoms with Gasteiger partial charge in [0.15, 0.2) is 0 Å². The molecule has 0 unspecified atom stereocenters. The highest BCUT2D eigenvalue weighted by atomic mass is 19.1. The molecule has 0 aliphatic rings. The zero-order valence-electron chi connectivity index (χ0n) is 18.7. The van der Waals surface area contributed by atoms with Crippen molar-refractivity contribution in [2.24, 2.45) is 0 Å². The quantitative estimate of drug-likeness (QED) is 0.412. The topological polar surface area (TPSA) is 79.5 Å². The van der Waals surface area contributed by atoms with Crippen molar-refractivity contribution in [3.05, 3.63) is 95.3 Å². The monoisotopic (exact) mass is 449 g/mol. The number of anilines is 1. The first-order valence-electron chi connectivity index (χ1n) is 10.7. The molecule has 0 saturated carbocycles. The number of carbonyl (C=O) groups is 2. The molecule has 1 atom stereocenters. The van der Waals surface area contributed by atoms with Gasteiger partial charge in [0.1, 0.15) is 17.6 Å². The van der Waals surface area contributed by atoms with Gasteiger partial charge in [0.05, 0.1) is 7.11 Å². The summed E-state index contributed by atoms with van der Waals surface area (Å²) >= 11 is 0. The van der Waals surface area contributed by atoms with E-state index in [0.717, 1.165) is 22.6 Å². The largest absolute Gasteiger partial charge is 0.497 e. The van der Waals surface area contributed by atoms with E-state index >= 15 is 0 Å². The van der Waals surface area contributed by atoms with Crippen molar-refractivity contribution in [2.75, 3.05) is 25.5 Å². The summed E-state index contributed by atoms with van der Waals surface area (Å²) in [4.78, 5) is 25.6. The second kappa shape index (κ2) is 11.7. The third-order valence-corrected chi connectivity index (χ3v) is 5.10. The number of amides is 2. The fraction of sp³-hybridized carbons (Fsp3) is 0.231. The molecule has 7 heteroatoms. The van der Waals surface area contributed by atoms with Gasteiger partial charge >= 0.3 is 0 Å². The van der Waals surface area contributed by atoms with Gasteiger partial charge in [0, 0.05) is 30.8 Å². The number of aryl methyl sites for hydroxylation is 1. The van der Waals surface area contributed by atoms with Crippen molar-refractivity contribution in [3.63, 3.8) is 0 Å². The molecule has 3 aromatic carbocycles.